The van der Waals surface area contributed by atoms with Gasteiger partial charge in [-0.3, -0.25) is 4.79 Å². The molecular formula is C13H16ClNO3S. The minimum atomic E-state index is -3.69. The zero-order valence-electron chi connectivity index (χ0n) is 10.8. The number of carbonyl (C=O) groups is 1. The van der Waals surface area contributed by atoms with Gasteiger partial charge in [0.2, 0.25) is 15.0 Å². The second kappa shape index (κ2) is 5.13. The van der Waals surface area contributed by atoms with Crippen LogP contribution in [0.15, 0.2) is 24.3 Å². The van der Waals surface area contributed by atoms with E-state index in [-0.39, 0.29) is 18.9 Å². The number of hydrogen-bond donors (Lipinski definition) is 0. The summed E-state index contributed by atoms with van der Waals surface area (Å²) in [7, 11) is 1.63. The largest absolute Gasteiger partial charge is 0.311 e. The van der Waals surface area contributed by atoms with E-state index in [2.05, 4.69) is 13.8 Å². The van der Waals surface area contributed by atoms with Crippen LogP contribution in [0.1, 0.15) is 31.7 Å². The lowest BCUT2D eigenvalue weighted by atomic mass is 10.0. The summed E-state index contributed by atoms with van der Waals surface area (Å²) >= 11 is 0. The van der Waals surface area contributed by atoms with Gasteiger partial charge in [-0.2, -0.15) is 0 Å². The van der Waals surface area contributed by atoms with E-state index in [1.807, 2.05) is 24.3 Å². The number of rotatable bonds is 3. The maximum absolute atomic E-state index is 11.9. The first-order valence-corrected chi connectivity index (χ1v) is 8.50. The third-order valence-electron chi connectivity index (χ3n) is 3.36. The second-order valence-electron chi connectivity index (χ2n) is 5.05. The molecule has 0 aromatic heterocycles. The van der Waals surface area contributed by atoms with Crippen LogP contribution in [-0.4, -0.2) is 26.1 Å². The summed E-state index contributed by atoms with van der Waals surface area (Å²) in [5.74, 6) is 0.214. The molecule has 0 saturated carbocycles. The lowest BCUT2D eigenvalue weighted by molar-refractivity contribution is -0.117. The van der Waals surface area contributed by atoms with Gasteiger partial charge in [-0.05, 0) is 23.6 Å². The van der Waals surface area contributed by atoms with Crippen molar-refractivity contribution >= 4 is 31.3 Å². The van der Waals surface area contributed by atoms with Gasteiger partial charge in [-0.15, -0.1) is 0 Å². The topological polar surface area (TPSA) is 54.5 Å². The highest BCUT2D eigenvalue weighted by Crippen LogP contribution is 2.27. The van der Waals surface area contributed by atoms with Crippen LogP contribution in [0.3, 0.4) is 0 Å². The molecule has 0 N–H and O–H groups in total. The molecule has 1 aromatic rings. The van der Waals surface area contributed by atoms with Gasteiger partial charge in [-0.25, -0.2) is 8.42 Å². The monoisotopic (exact) mass is 301 g/mol. The summed E-state index contributed by atoms with van der Waals surface area (Å²) in [6.07, 6.45) is -0.0439. The Hall–Kier alpha value is -1.07. The molecule has 6 heteroatoms. The quantitative estimate of drug-likeness (QED) is 0.806. The molecule has 1 aromatic carbocycles. The smallest absolute Gasteiger partial charge is 0.237 e. The van der Waals surface area contributed by atoms with E-state index < -0.39 is 14.3 Å². The Labute approximate surface area is 117 Å². The van der Waals surface area contributed by atoms with Gasteiger partial charge < -0.3 is 4.90 Å². The standard InChI is InChI=1S/C13H16ClNO3S/c1-9(2)10-3-5-11(6-4-10)15-8-12(7-13(15)16)19(14,17)18/h3-6,9,12H,7-8H2,1-2H3. The maximum atomic E-state index is 11.9. The molecule has 1 atom stereocenters. The number of hydrogen-bond acceptors (Lipinski definition) is 3. The molecule has 1 aliphatic rings. The number of nitrogens with zero attached hydrogens (tertiary/aromatic N) is 1. The predicted molar refractivity (Wildman–Crippen MR) is 76.1 cm³/mol. The number of anilines is 1. The SMILES string of the molecule is CC(C)c1ccc(N2CC(S(=O)(=O)Cl)CC2=O)cc1. The molecule has 0 aliphatic carbocycles. The maximum Gasteiger partial charge on any atom is 0.237 e. The fraction of sp³-hybridized carbons (Fsp3) is 0.462. The molecule has 104 valence electrons. The van der Waals surface area contributed by atoms with Crippen LogP contribution in [0.25, 0.3) is 0 Å². The first-order chi connectivity index (χ1) is 8.79. The lowest BCUT2D eigenvalue weighted by Crippen LogP contribution is -2.26. The van der Waals surface area contributed by atoms with E-state index >= 15 is 0 Å². The average molecular weight is 302 g/mol. The normalized spacial score (nSPS) is 20.3. The molecular weight excluding hydrogens is 286 g/mol. The van der Waals surface area contributed by atoms with Crippen LogP contribution in [0.5, 0.6) is 0 Å². The molecule has 1 fully saturated rings. The van der Waals surface area contributed by atoms with Crippen LogP contribution in [0, 0.1) is 0 Å². The second-order valence-corrected chi connectivity index (χ2v) is 7.96. The van der Waals surface area contributed by atoms with E-state index in [4.69, 9.17) is 10.7 Å². The highest BCUT2D eigenvalue weighted by molar-refractivity contribution is 8.14. The van der Waals surface area contributed by atoms with Crippen LogP contribution < -0.4 is 4.90 Å². The van der Waals surface area contributed by atoms with Crippen molar-refractivity contribution in [2.75, 3.05) is 11.4 Å². The van der Waals surface area contributed by atoms with Crippen LogP contribution in [-0.2, 0) is 13.8 Å². The van der Waals surface area contributed by atoms with E-state index in [0.29, 0.717) is 5.92 Å². The molecule has 4 nitrogen and oxygen atoms in total. The number of halogens is 1. The van der Waals surface area contributed by atoms with Crippen molar-refractivity contribution in [1.82, 2.24) is 0 Å². The van der Waals surface area contributed by atoms with Crippen molar-refractivity contribution in [3.8, 4) is 0 Å². The molecule has 0 radical (unpaired) electrons. The van der Waals surface area contributed by atoms with Crippen LogP contribution in [0.2, 0.25) is 0 Å². The fourth-order valence-electron chi connectivity index (χ4n) is 2.15. The van der Waals surface area contributed by atoms with E-state index in [0.717, 1.165) is 5.69 Å². The summed E-state index contributed by atoms with van der Waals surface area (Å²) in [5, 5.41) is -0.813. The highest BCUT2D eigenvalue weighted by atomic mass is 35.7. The summed E-state index contributed by atoms with van der Waals surface area (Å²) in [6, 6.07) is 7.60. The van der Waals surface area contributed by atoms with Gasteiger partial charge in [-0.1, -0.05) is 26.0 Å². The Balaban J connectivity index is 2.21. The van der Waals surface area contributed by atoms with Crippen LogP contribution >= 0.6 is 10.7 Å². The fourth-order valence-corrected chi connectivity index (χ4v) is 3.18. The van der Waals surface area contributed by atoms with Crippen molar-refractivity contribution in [2.45, 2.75) is 31.4 Å². The highest BCUT2D eigenvalue weighted by Gasteiger charge is 2.37. The van der Waals surface area contributed by atoms with Gasteiger partial charge in [0.1, 0.15) is 5.25 Å². The number of benzene rings is 1. The molecule has 2 rings (SSSR count). The molecule has 1 saturated heterocycles. The Bertz CT molecular complexity index is 580. The number of amides is 1. The number of carbonyl (C=O) groups excluding carboxylic acids is 1. The van der Waals surface area contributed by atoms with Crippen molar-refractivity contribution in [2.24, 2.45) is 0 Å². The third-order valence-corrected chi connectivity index (χ3v) is 5.23. The Kier molecular flexibility index (Phi) is 3.87. The van der Waals surface area contributed by atoms with Crippen molar-refractivity contribution < 1.29 is 13.2 Å². The summed E-state index contributed by atoms with van der Waals surface area (Å²) in [4.78, 5) is 13.3. The van der Waals surface area contributed by atoms with E-state index in [9.17, 15) is 13.2 Å². The molecule has 1 aliphatic heterocycles. The van der Waals surface area contributed by atoms with Crippen molar-refractivity contribution in [3.63, 3.8) is 0 Å². The zero-order chi connectivity index (χ0) is 14.2. The van der Waals surface area contributed by atoms with Crippen molar-refractivity contribution in [1.29, 1.82) is 0 Å². The average Bonchev–Trinajstić information content (AvgIpc) is 2.71. The molecule has 19 heavy (non-hydrogen) atoms. The minimum absolute atomic E-state index is 0.0439. The Morgan fingerprint density at radius 1 is 1.26 bits per heavy atom. The lowest BCUT2D eigenvalue weighted by Gasteiger charge is -2.17. The van der Waals surface area contributed by atoms with Gasteiger partial charge in [0, 0.05) is 29.3 Å². The Morgan fingerprint density at radius 2 is 1.84 bits per heavy atom. The zero-order valence-corrected chi connectivity index (χ0v) is 12.4. The summed E-state index contributed by atoms with van der Waals surface area (Å²) < 4.78 is 22.6. The molecule has 1 unspecified atom stereocenters. The van der Waals surface area contributed by atoms with E-state index in [1.165, 1.54) is 10.5 Å². The summed E-state index contributed by atoms with van der Waals surface area (Å²) in [6.45, 7) is 4.31. The first kappa shape index (κ1) is 14.3. The van der Waals surface area contributed by atoms with Crippen LogP contribution in [0.4, 0.5) is 5.69 Å². The molecule has 0 spiro atoms. The molecule has 1 heterocycles. The Morgan fingerprint density at radius 3 is 2.26 bits per heavy atom. The summed E-state index contributed by atoms with van der Waals surface area (Å²) in [5.41, 5.74) is 1.90. The van der Waals surface area contributed by atoms with Gasteiger partial charge >= 0.3 is 0 Å². The minimum Gasteiger partial charge on any atom is -0.311 e. The predicted octanol–water partition coefficient (Wildman–Crippen LogP) is 2.48. The van der Waals surface area contributed by atoms with Crippen molar-refractivity contribution in [3.05, 3.63) is 29.8 Å². The molecule has 1 amide bonds. The molecule has 0 bridgehead atoms. The van der Waals surface area contributed by atoms with Gasteiger partial charge in [0.05, 0.1) is 0 Å². The third kappa shape index (κ3) is 3.09. The van der Waals surface area contributed by atoms with Gasteiger partial charge in [0.15, 0.2) is 0 Å². The van der Waals surface area contributed by atoms with Gasteiger partial charge in [0.25, 0.3) is 0 Å². The first-order valence-electron chi connectivity index (χ1n) is 6.13. The van der Waals surface area contributed by atoms with E-state index in [1.54, 1.807) is 0 Å².